The maximum atomic E-state index is 12.1. The third-order valence-corrected chi connectivity index (χ3v) is 3.43. The number of methoxy groups -OCH3 is 1. The number of carbonyl (C=O) groups is 1. The topological polar surface area (TPSA) is 44.1 Å². The van der Waals surface area contributed by atoms with Crippen molar-refractivity contribution in [1.29, 1.82) is 0 Å². The van der Waals surface area contributed by atoms with Gasteiger partial charge in [0.05, 0.1) is 13.0 Å². The molecule has 0 amide bonds. The zero-order chi connectivity index (χ0) is 15.2. The van der Waals surface area contributed by atoms with Crippen molar-refractivity contribution in [3.8, 4) is 5.75 Å². The molecule has 0 aliphatic rings. The molecule has 0 fully saturated rings. The second kappa shape index (κ2) is 7.09. The number of aromatic nitrogens is 2. The molecule has 0 atom stereocenters. The molecule has 0 bridgehead atoms. The molecule has 4 nitrogen and oxygen atoms in total. The quantitative estimate of drug-likeness (QED) is 0.466. The molecular formula is C16H17ClN2O2. The first kappa shape index (κ1) is 15.3. The number of nitrogens with zero attached hydrogens (tertiary/aromatic N) is 2. The molecule has 21 heavy (non-hydrogen) atoms. The molecule has 0 aliphatic carbocycles. The Kier molecular flexibility index (Phi) is 5.17. The second-order valence-electron chi connectivity index (χ2n) is 4.43. The molecule has 110 valence electrons. The molecule has 0 aliphatic heterocycles. The summed E-state index contributed by atoms with van der Waals surface area (Å²) >= 11 is 5.88. The van der Waals surface area contributed by atoms with Gasteiger partial charge in [0.25, 0.3) is 0 Å². The Morgan fingerprint density at radius 2 is 2.24 bits per heavy atom. The number of allylic oxidation sites excluding steroid dienone is 1. The standard InChI is InChI=1S/C16H17ClN2O2/c1-3-19-14(8-9-18-19)15(20)6-4-12-5-7-16(21-2)13(10-12)11-17/h4-10H,3,11H2,1-2H3/b6-4+. The van der Waals surface area contributed by atoms with Crippen LogP contribution in [0, 0.1) is 0 Å². The molecule has 1 aromatic carbocycles. The number of rotatable bonds is 6. The van der Waals surface area contributed by atoms with Crippen LogP contribution in [0.5, 0.6) is 5.75 Å². The van der Waals surface area contributed by atoms with Gasteiger partial charge in [0.15, 0.2) is 0 Å². The third-order valence-electron chi connectivity index (χ3n) is 3.14. The van der Waals surface area contributed by atoms with E-state index in [1.165, 1.54) is 0 Å². The van der Waals surface area contributed by atoms with Gasteiger partial charge < -0.3 is 4.74 Å². The minimum absolute atomic E-state index is 0.0717. The predicted octanol–water partition coefficient (Wildman–Crippen LogP) is 3.55. The van der Waals surface area contributed by atoms with Gasteiger partial charge in [0.2, 0.25) is 5.78 Å². The normalized spacial score (nSPS) is 11.0. The van der Waals surface area contributed by atoms with Crippen LogP contribution in [-0.4, -0.2) is 22.7 Å². The number of ether oxygens (including phenoxy) is 1. The minimum atomic E-state index is -0.0717. The number of aryl methyl sites for hydroxylation is 1. The fraction of sp³-hybridized carbons (Fsp3) is 0.250. The van der Waals surface area contributed by atoms with Crippen LogP contribution < -0.4 is 4.74 Å². The van der Waals surface area contributed by atoms with Crippen LogP contribution in [0.15, 0.2) is 36.5 Å². The number of ketones is 1. The van der Waals surface area contributed by atoms with Gasteiger partial charge in [0.1, 0.15) is 11.4 Å². The number of carbonyl (C=O) groups excluding carboxylic acids is 1. The van der Waals surface area contributed by atoms with E-state index in [4.69, 9.17) is 16.3 Å². The first-order chi connectivity index (χ1) is 10.2. The minimum Gasteiger partial charge on any atom is -0.496 e. The smallest absolute Gasteiger partial charge is 0.203 e. The van der Waals surface area contributed by atoms with Crippen LogP contribution in [0.3, 0.4) is 0 Å². The fourth-order valence-corrected chi connectivity index (χ4v) is 2.27. The van der Waals surface area contributed by atoms with Crippen molar-refractivity contribution in [2.24, 2.45) is 0 Å². The molecule has 0 radical (unpaired) electrons. The van der Waals surface area contributed by atoms with E-state index in [0.717, 1.165) is 16.9 Å². The van der Waals surface area contributed by atoms with Gasteiger partial charge in [-0.1, -0.05) is 12.1 Å². The molecule has 0 N–H and O–H groups in total. The van der Waals surface area contributed by atoms with Gasteiger partial charge in [-0.3, -0.25) is 9.48 Å². The van der Waals surface area contributed by atoms with Crippen LogP contribution in [0.4, 0.5) is 0 Å². The Hall–Kier alpha value is -2.07. The van der Waals surface area contributed by atoms with Crippen molar-refractivity contribution in [1.82, 2.24) is 9.78 Å². The number of benzene rings is 1. The van der Waals surface area contributed by atoms with Gasteiger partial charge >= 0.3 is 0 Å². The summed E-state index contributed by atoms with van der Waals surface area (Å²) < 4.78 is 6.89. The van der Waals surface area contributed by atoms with E-state index in [0.29, 0.717) is 18.1 Å². The Morgan fingerprint density at radius 3 is 2.90 bits per heavy atom. The zero-order valence-corrected chi connectivity index (χ0v) is 12.8. The van der Waals surface area contributed by atoms with Crippen molar-refractivity contribution in [2.75, 3.05) is 7.11 Å². The summed E-state index contributed by atoms with van der Waals surface area (Å²) in [5, 5.41) is 4.09. The van der Waals surface area contributed by atoms with E-state index in [1.54, 1.807) is 36.2 Å². The van der Waals surface area contributed by atoms with E-state index in [9.17, 15) is 4.79 Å². The molecule has 5 heteroatoms. The number of hydrogen-bond acceptors (Lipinski definition) is 3. The lowest BCUT2D eigenvalue weighted by molar-refractivity contribution is 0.103. The second-order valence-corrected chi connectivity index (χ2v) is 4.70. The molecule has 2 aromatic rings. The van der Waals surface area contributed by atoms with Crippen LogP contribution in [0.25, 0.3) is 6.08 Å². The maximum Gasteiger partial charge on any atom is 0.203 e. The van der Waals surface area contributed by atoms with Crippen molar-refractivity contribution in [3.05, 3.63) is 53.4 Å². The largest absolute Gasteiger partial charge is 0.496 e. The summed E-state index contributed by atoms with van der Waals surface area (Å²) in [4.78, 5) is 12.1. The molecule has 0 saturated carbocycles. The molecule has 0 spiro atoms. The van der Waals surface area contributed by atoms with Gasteiger partial charge in [-0.2, -0.15) is 5.10 Å². The first-order valence-electron chi connectivity index (χ1n) is 6.66. The first-order valence-corrected chi connectivity index (χ1v) is 7.20. The third kappa shape index (κ3) is 3.52. The van der Waals surface area contributed by atoms with Crippen LogP contribution in [0.2, 0.25) is 0 Å². The van der Waals surface area contributed by atoms with Crippen LogP contribution in [0.1, 0.15) is 28.5 Å². The number of halogens is 1. The van der Waals surface area contributed by atoms with E-state index >= 15 is 0 Å². The molecule has 0 saturated heterocycles. The van der Waals surface area contributed by atoms with Crippen molar-refractivity contribution < 1.29 is 9.53 Å². The summed E-state index contributed by atoms with van der Waals surface area (Å²) in [5.74, 6) is 1.04. The summed E-state index contributed by atoms with van der Waals surface area (Å²) in [6, 6.07) is 7.36. The van der Waals surface area contributed by atoms with Crippen LogP contribution >= 0.6 is 11.6 Å². The Morgan fingerprint density at radius 1 is 1.43 bits per heavy atom. The summed E-state index contributed by atoms with van der Waals surface area (Å²) in [7, 11) is 1.61. The lowest BCUT2D eigenvalue weighted by atomic mass is 10.1. The van der Waals surface area contributed by atoms with Gasteiger partial charge in [-0.25, -0.2) is 0 Å². The van der Waals surface area contributed by atoms with Gasteiger partial charge in [0, 0.05) is 18.3 Å². The van der Waals surface area contributed by atoms with Crippen molar-refractivity contribution in [2.45, 2.75) is 19.3 Å². The predicted molar refractivity (Wildman–Crippen MR) is 83.8 cm³/mol. The zero-order valence-electron chi connectivity index (χ0n) is 12.0. The summed E-state index contributed by atoms with van der Waals surface area (Å²) in [6.07, 6.45) is 4.94. The van der Waals surface area contributed by atoms with Crippen molar-refractivity contribution >= 4 is 23.5 Å². The highest BCUT2D eigenvalue weighted by Gasteiger charge is 2.08. The average molecular weight is 305 g/mol. The molecule has 1 heterocycles. The van der Waals surface area contributed by atoms with E-state index in [2.05, 4.69) is 5.10 Å². The van der Waals surface area contributed by atoms with Gasteiger partial charge in [-0.15, -0.1) is 11.6 Å². The summed E-state index contributed by atoms with van der Waals surface area (Å²) in [5.41, 5.74) is 2.38. The number of hydrogen-bond donors (Lipinski definition) is 0. The lowest BCUT2D eigenvalue weighted by Gasteiger charge is -2.06. The number of alkyl halides is 1. The average Bonchev–Trinajstić information content (AvgIpc) is 3.00. The fourth-order valence-electron chi connectivity index (χ4n) is 2.06. The Bertz CT molecular complexity index is 662. The molecule has 1 aromatic heterocycles. The monoisotopic (exact) mass is 304 g/mol. The van der Waals surface area contributed by atoms with Crippen LogP contribution in [-0.2, 0) is 12.4 Å². The van der Waals surface area contributed by atoms with Gasteiger partial charge in [-0.05, 0) is 36.8 Å². The van der Waals surface area contributed by atoms with Crippen molar-refractivity contribution in [3.63, 3.8) is 0 Å². The highest BCUT2D eigenvalue weighted by molar-refractivity contribution is 6.17. The SMILES string of the molecule is CCn1nccc1C(=O)/C=C/c1ccc(OC)c(CCl)c1. The Balaban J connectivity index is 2.19. The molecular weight excluding hydrogens is 288 g/mol. The lowest BCUT2D eigenvalue weighted by Crippen LogP contribution is -2.07. The van der Waals surface area contributed by atoms with E-state index < -0.39 is 0 Å². The van der Waals surface area contributed by atoms with E-state index in [-0.39, 0.29) is 5.78 Å². The highest BCUT2D eigenvalue weighted by atomic mass is 35.5. The molecule has 0 unspecified atom stereocenters. The van der Waals surface area contributed by atoms with E-state index in [1.807, 2.05) is 25.1 Å². The molecule has 2 rings (SSSR count). The summed E-state index contributed by atoms with van der Waals surface area (Å²) in [6.45, 7) is 2.62. The Labute approximate surface area is 129 Å². The highest BCUT2D eigenvalue weighted by Crippen LogP contribution is 2.22. The maximum absolute atomic E-state index is 12.1.